The number of halogens is 1. The fourth-order valence-electron chi connectivity index (χ4n) is 5.58. The zero-order chi connectivity index (χ0) is 22.8. The Kier molecular flexibility index (Phi) is 6.67. The Morgan fingerprint density at radius 1 is 0.909 bits per heavy atom. The second-order valence-corrected chi connectivity index (χ2v) is 10.0. The van der Waals surface area contributed by atoms with Gasteiger partial charge in [0.15, 0.2) is 0 Å². The van der Waals surface area contributed by atoms with Crippen molar-refractivity contribution >= 4 is 23.4 Å². The third-order valence-corrected chi connectivity index (χ3v) is 7.65. The SMILES string of the molecule is O=C(C1CCCN1C(=O)C1CCCCC1)N1CCCC(c2nc(-c3ccc(Cl)cc3)no2)C1. The summed E-state index contributed by atoms with van der Waals surface area (Å²) in [5, 5.41) is 4.80. The minimum absolute atomic E-state index is 0.0140. The second kappa shape index (κ2) is 9.84. The van der Waals surface area contributed by atoms with Crippen LogP contribution < -0.4 is 0 Å². The molecule has 2 unspecified atom stereocenters. The van der Waals surface area contributed by atoms with E-state index in [1.165, 1.54) is 6.42 Å². The quantitative estimate of drug-likeness (QED) is 0.648. The van der Waals surface area contributed by atoms with Gasteiger partial charge in [0.1, 0.15) is 6.04 Å². The van der Waals surface area contributed by atoms with Crippen molar-refractivity contribution in [3.63, 3.8) is 0 Å². The van der Waals surface area contributed by atoms with E-state index in [1.54, 1.807) is 12.1 Å². The van der Waals surface area contributed by atoms with Gasteiger partial charge in [0.25, 0.3) is 0 Å². The molecule has 3 aliphatic rings. The molecule has 2 aliphatic heterocycles. The highest BCUT2D eigenvalue weighted by Gasteiger charge is 2.40. The molecule has 3 fully saturated rings. The summed E-state index contributed by atoms with van der Waals surface area (Å²) < 4.78 is 5.58. The zero-order valence-electron chi connectivity index (χ0n) is 18.9. The smallest absolute Gasteiger partial charge is 0.245 e. The fourth-order valence-corrected chi connectivity index (χ4v) is 5.70. The number of nitrogens with zero attached hydrogens (tertiary/aromatic N) is 4. The molecule has 1 aliphatic carbocycles. The van der Waals surface area contributed by atoms with E-state index < -0.39 is 0 Å². The lowest BCUT2D eigenvalue weighted by Crippen LogP contribution is -2.51. The number of likely N-dealkylation sites (tertiary alicyclic amines) is 2. The number of piperidine rings is 1. The first-order valence-corrected chi connectivity index (χ1v) is 12.7. The maximum atomic E-state index is 13.5. The van der Waals surface area contributed by atoms with Crippen LogP contribution in [-0.4, -0.2) is 57.4 Å². The number of benzene rings is 1. The number of carbonyl (C=O) groups excluding carboxylic acids is 2. The number of carbonyl (C=O) groups is 2. The third-order valence-electron chi connectivity index (χ3n) is 7.40. The Labute approximate surface area is 199 Å². The molecule has 1 aromatic heterocycles. The standard InChI is InChI=1S/C25H31ClN4O3/c26-20-12-10-17(11-13-20)22-27-23(33-28-22)19-8-4-14-29(16-19)25(32)21-9-5-15-30(21)24(31)18-6-2-1-3-7-18/h10-13,18-19,21H,1-9,14-16H2. The van der Waals surface area contributed by atoms with Crippen molar-refractivity contribution in [1.82, 2.24) is 19.9 Å². The number of hydrogen-bond acceptors (Lipinski definition) is 5. The lowest BCUT2D eigenvalue weighted by molar-refractivity contribution is -0.147. The van der Waals surface area contributed by atoms with Gasteiger partial charge in [0, 0.05) is 36.1 Å². The van der Waals surface area contributed by atoms with E-state index in [2.05, 4.69) is 10.1 Å². The van der Waals surface area contributed by atoms with Crippen LogP contribution >= 0.6 is 11.6 Å². The molecule has 33 heavy (non-hydrogen) atoms. The van der Waals surface area contributed by atoms with Crippen molar-refractivity contribution in [3.8, 4) is 11.4 Å². The Hall–Kier alpha value is -2.41. The average molecular weight is 471 g/mol. The van der Waals surface area contributed by atoms with Gasteiger partial charge in [0.05, 0.1) is 5.92 Å². The van der Waals surface area contributed by atoms with Crippen LogP contribution in [0.15, 0.2) is 28.8 Å². The maximum absolute atomic E-state index is 13.5. The number of aromatic nitrogens is 2. The average Bonchev–Trinajstić information content (AvgIpc) is 3.55. The molecule has 2 atom stereocenters. The predicted octanol–water partition coefficient (Wildman–Crippen LogP) is 4.67. The molecule has 7 nitrogen and oxygen atoms in total. The van der Waals surface area contributed by atoms with E-state index >= 15 is 0 Å². The summed E-state index contributed by atoms with van der Waals surface area (Å²) in [6.45, 7) is 1.98. The summed E-state index contributed by atoms with van der Waals surface area (Å²) in [6.07, 6.45) is 8.86. The number of amides is 2. The summed E-state index contributed by atoms with van der Waals surface area (Å²) in [5.74, 6) is 1.50. The van der Waals surface area contributed by atoms with Crippen LogP contribution in [0.4, 0.5) is 0 Å². The van der Waals surface area contributed by atoms with E-state index in [1.807, 2.05) is 21.9 Å². The van der Waals surface area contributed by atoms with Crippen molar-refractivity contribution in [3.05, 3.63) is 35.2 Å². The highest BCUT2D eigenvalue weighted by Crippen LogP contribution is 2.32. The summed E-state index contributed by atoms with van der Waals surface area (Å²) in [7, 11) is 0. The molecule has 0 bridgehead atoms. The molecule has 3 heterocycles. The summed E-state index contributed by atoms with van der Waals surface area (Å²) in [6, 6.07) is 7.02. The Bertz CT molecular complexity index is 986. The van der Waals surface area contributed by atoms with Gasteiger partial charge in [-0.05, 0) is 62.8 Å². The molecule has 0 spiro atoms. The lowest BCUT2D eigenvalue weighted by atomic mass is 9.88. The van der Waals surface area contributed by atoms with Crippen LogP contribution in [0, 0.1) is 5.92 Å². The fraction of sp³-hybridized carbons (Fsp3) is 0.600. The van der Waals surface area contributed by atoms with Gasteiger partial charge in [0.2, 0.25) is 23.5 Å². The van der Waals surface area contributed by atoms with Crippen LogP contribution in [0.25, 0.3) is 11.4 Å². The van der Waals surface area contributed by atoms with E-state index in [-0.39, 0.29) is 29.7 Å². The normalized spacial score (nSPS) is 24.3. The van der Waals surface area contributed by atoms with Gasteiger partial charge in [-0.25, -0.2) is 0 Å². The van der Waals surface area contributed by atoms with Crippen LogP contribution in [-0.2, 0) is 9.59 Å². The molecule has 0 radical (unpaired) electrons. The monoisotopic (exact) mass is 470 g/mol. The Balaban J connectivity index is 1.25. The molecule has 0 N–H and O–H groups in total. The van der Waals surface area contributed by atoms with E-state index in [4.69, 9.17) is 16.1 Å². The minimum Gasteiger partial charge on any atom is -0.340 e. The third kappa shape index (κ3) is 4.79. The topological polar surface area (TPSA) is 79.5 Å². The molecule has 2 amide bonds. The van der Waals surface area contributed by atoms with Crippen molar-refractivity contribution in [2.24, 2.45) is 5.92 Å². The molecule has 8 heteroatoms. The van der Waals surface area contributed by atoms with E-state index in [0.717, 1.165) is 63.5 Å². The maximum Gasteiger partial charge on any atom is 0.245 e. The molecule has 2 saturated heterocycles. The van der Waals surface area contributed by atoms with Crippen molar-refractivity contribution in [1.29, 1.82) is 0 Å². The van der Waals surface area contributed by atoms with Gasteiger partial charge < -0.3 is 14.3 Å². The van der Waals surface area contributed by atoms with Crippen molar-refractivity contribution < 1.29 is 14.1 Å². The molecular weight excluding hydrogens is 440 g/mol. The van der Waals surface area contributed by atoms with Crippen molar-refractivity contribution in [2.75, 3.05) is 19.6 Å². The zero-order valence-corrected chi connectivity index (χ0v) is 19.7. The van der Waals surface area contributed by atoms with Crippen LogP contribution in [0.1, 0.15) is 69.6 Å². The molecular formula is C25H31ClN4O3. The molecule has 1 saturated carbocycles. The lowest BCUT2D eigenvalue weighted by Gasteiger charge is -2.36. The Morgan fingerprint density at radius 2 is 1.67 bits per heavy atom. The molecule has 5 rings (SSSR count). The van der Waals surface area contributed by atoms with Crippen LogP contribution in [0.2, 0.25) is 5.02 Å². The van der Waals surface area contributed by atoms with E-state index in [9.17, 15) is 9.59 Å². The second-order valence-electron chi connectivity index (χ2n) is 9.61. The van der Waals surface area contributed by atoms with Gasteiger partial charge in [-0.15, -0.1) is 0 Å². The largest absolute Gasteiger partial charge is 0.340 e. The summed E-state index contributed by atoms with van der Waals surface area (Å²) in [5.41, 5.74) is 0.848. The number of rotatable bonds is 4. The molecule has 176 valence electrons. The first-order chi connectivity index (χ1) is 16.1. The van der Waals surface area contributed by atoms with Gasteiger partial charge in [-0.1, -0.05) is 36.0 Å². The first-order valence-electron chi connectivity index (χ1n) is 12.3. The van der Waals surface area contributed by atoms with Crippen molar-refractivity contribution in [2.45, 2.75) is 69.7 Å². The first kappa shape index (κ1) is 22.4. The van der Waals surface area contributed by atoms with Gasteiger partial charge in [-0.3, -0.25) is 9.59 Å². The molecule has 1 aromatic carbocycles. The van der Waals surface area contributed by atoms with Gasteiger partial charge >= 0.3 is 0 Å². The Morgan fingerprint density at radius 3 is 2.45 bits per heavy atom. The minimum atomic E-state index is -0.314. The van der Waals surface area contributed by atoms with Gasteiger partial charge in [-0.2, -0.15) is 4.98 Å². The summed E-state index contributed by atoms with van der Waals surface area (Å²) in [4.78, 5) is 35.0. The summed E-state index contributed by atoms with van der Waals surface area (Å²) >= 11 is 5.97. The molecule has 2 aromatic rings. The van der Waals surface area contributed by atoms with Crippen LogP contribution in [0.5, 0.6) is 0 Å². The highest BCUT2D eigenvalue weighted by atomic mass is 35.5. The predicted molar refractivity (Wildman–Crippen MR) is 125 cm³/mol. The van der Waals surface area contributed by atoms with E-state index in [0.29, 0.717) is 29.8 Å². The highest BCUT2D eigenvalue weighted by molar-refractivity contribution is 6.30. The number of hydrogen-bond donors (Lipinski definition) is 0. The van der Waals surface area contributed by atoms with Crippen LogP contribution in [0.3, 0.4) is 0 Å².